The molecule has 0 aliphatic rings. The smallest absolute Gasteiger partial charge is 0.409 e. The molecule has 0 aliphatic heterocycles. The summed E-state index contributed by atoms with van der Waals surface area (Å²) in [7, 11) is 2.94. The Balaban J connectivity index is 2.06. The molecule has 0 heterocycles. The largest absolute Gasteiger partial charge is 0.493 e. The first-order valence-electron chi connectivity index (χ1n) is 8.49. The molecule has 8 nitrogen and oxygen atoms in total. The van der Waals surface area contributed by atoms with Gasteiger partial charge in [-0.2, -0.15) is 0 Å². The van der Waals surface area contributed by atoms with Crippen LogP contribution in [0.25, 0.3) is 0 Å². The second-order valence-corrected chi connectivity index (χ2v) is 5.98. The van der Waals surface area contributed by atoms with Gasteiger partial charge in [0.1, 0.15) is 0 Å². The Bertz CT molecular complexity index is 877. The van der Waals surface area contributed by atoms with Gasteiger partial charge >= 0.3 is 6.09 Å². The number of carbonyl (C=O) groups excluding carboxylic acids is 2. The van der Waals surface area contributed by atoms with Crippen LogP contribution in [-0.2, 0) is 11.2 Å². The Hall–Kier alpha value is -3.55. The van der Waals surface area contributed by atoms with Crippen molar-refractivity contribution in [3.8, 4) is 11.5 Å². The molecule has 0 aromatic heterocycles. The summed E-state index contributed by atoms with van der Waals surface area (Å²) in [5.41, 5.74) is 2.02. The molecule has 2 aromatic carbocycles. The number of hydrogen-bond acceptors (Lipinski definition) is 5. The molecule has 0 saturated heterocycles. The summed E-state index contributed by atoms with van der Waals surface area (Å²) >= 11 is 0. The Labute approximate surface area is 162 Å². The van der Waals surface area contributed by atoms with Gasteiger partial charge in [-0.25, -0.2) is 4.79 Å². The number of carboxylic acid groups (broad SMARTS) is 1. The summed E-state index contributed by atoms with van der Waals surface area (Å²) in [4.78, 5) is 34.8. The van der Waals surface area contributed by atoms with Crippen LogP contribution in [0.5, 0.6) is 11.5 Å². The highest BCUT2D eigenvalue weighted by atomic mass is 16.5. The van der Waals surface area contributed by atoms with Crippen molar-refractivity contribution in [3.63, 3.8) is 0 Å². The van der Waals surface area contributed by atoms with E-state index >= 15 is 0 Å². The summed E-state index contributed by atoms with van der Waals surface area (Å²) in [6.07, 6.45) is -0.484. The molecule has 0 spiro atoms. The number of ether oxygens (including phenoxy) is 2. The molecule has 2 rings (SSSR count). The van der Waals surface area contributed by atoms with Crippen LogP contribution in [0.15, 0.2) is 36.4 Å². The zero-order valence-corrected chi connectivity index (χ0v) is 15.9. The van der Waals surface area contributed by atoms with E-state index in [0.717, 1.165) is 5.56 Å². The normalized spacial score (nSPS) is 10.1. The number of methoxy groups -OCH3 is 2. The zero-order valence-electron chi connectivity index (χ0n) is 15.9. The van der Waals surface area contributed by atoms with Crippen LogP contribution >= 0.6 is 0 Å². The van der Waals surface area contributed by atoms with E-state index in [9.17, 15) is 14.4 Å². The number of Topliss-reactive ketones (excluding diaryl/α,β-unsaturated/α-hetero) is 1. The molecule has 0 saturated carbocycles. The first-order valence-corrected chi connectivity index (χ1v) is 8.49. The minimum atomic E-state index is -1.14. The van der Waals surface area contributed by atoms with Crippen molar-refractivity contribution in [1.29, 1.82) is 0 Å². The molecule has 148 valence electrons. The standard InChI is InChI=1S/C20H22N2O6/c1-12(23)15-10-17(27-2)18(28-3)11-16(15)22-19(24)9-6-13-4-7-14(8-5-13)21-20(25)26/h4-5,7-8,10-11,21H,6,9H2,1-3H3,(H,22,24)(H,25,26). The molecule has 2 aromatic rings. The van der Waals surface area contributed by atoms with Crippen molar-refractivity contribution < 1.29 is 29.0 Å². The fourth-order valence-corrected chi connectivity index (χ4v) is 2.62. The fourth-order valence-electron chi connectivity index (χ4n) is 2.62. The molecule has 3 N–H and O–H groups in total. The summed E-state index contributed by atoms with van der Waals surface area (Å²) in [5.74, 6) is 0.338. The minimum absolute atomic E-state index is 0.192. The van der Waals surface area contributed by atoms with Gasteiger partial charge < -0.3 is 19.9 Å². The van der Waals surface area contributed by atoms with Gasteiger partial charge in [0.05, 0.1) is 19.9 Å². The molecule has 0 radical (unpaired) electrons. The number of carbonyl (C=O) groups is 3. The fraction of sp³-hybridized carbons (Fsp3) is 0.250. The van der Waals surface area contributed by atoms with E-state index in [4.69, 9.17) is 14.6 Å². The molecule has 0 bridgehead atoms. The molecule has 28 heavy (non-hydrogen) atoms. The Morgan fingerprint density at radius 2 is 1.57 bits per heavy atom. The van der Waals surface area contributed by atoms with E-state index in [1.54, 1.807) is 30.3 Å². The Kier molecular flexibility index (Phi) is 6.97. The highest BCUT2D eigenvalue weighted by molar-refractivity contribution is 6.04. The van der Waals surface area contributed by atoms with Gasteiger partial charge in [0, 0.05) is 23.7 Å². The maximum atomic E-state index is 12.3. The first-order chi connectivity index (χ1) is 13.3. The SMILES string of the molecule is COc1cc(NC(=O)CCc2ccc(NC(=O)O)cc2)c(C(C)=O)cc1OC. The van der Waals surface area contributed by atoms with Gasteiger partial charge in [-0.05, 0) is 37.1 Å². The monoisotopic (exact) mass is 386 g/mol. The predicted octanol–water partition coefficient (Wildman–Crippen LogP) is 3.57. The summed E-state index contributed by atoms with van der Waals surface area (Å²) in [6.45, 7) is 1.41. The van der Waals surface area contributed by atoms with Crippen molar-refractivity contribution >= 4 is 29.2 Å². The van der Waals surface area contributed by atoms with Crippen LogP contribution in [0.4, 0.5) is 16.2 Å². The molecular formula is C20H22N2O6. The van der Waals surface area contributed by atoms with Crippen molar-refractivity contribution in [2.75, 3.05) is 24.9 Å². The van der Waals surface area contributed by atoms with Gasteiger partial charge in [-0.1, -0.05) is 12.1 Å². The van der Waals surface area contributed by atoms with E-state index in [0.29, 0.717) is 34.9 Å². The number of anilines is 2. The van der Waals surface area contributed by atoms with Gasteiger partial charge in [-0.15, -0.1) is 0 Å². The summed E-state index contributed by atoms with van der Waals surface area (Å²) in [6, 6.07) is 9.84. The average Bonchev–Trinajstić information content (AvgIpc) is 2.66. The third-order valence-corrected chi connectivity index (χ3v) is 4.02. The molecule has 0 atom stereocenters. The minimum Gasteiger partial charge on any atom is -0.493 e. The van der Waals surface area contributed by atoms with Gasteiger partial charge in [0.2, 0.25) is 5.91 Å². The van der Waals surface area contributed by atoms with E-state index in [2.05, 4.69) is 10.6 Å². The lowest BCUT2D eigenvalue weighted by atomic mass is 10.1. The molecule has 0 unspecified atom stereocenters. The van der Waals surface area contributed by atoms with E-state index in [1.807, 2.05) is 0 Å². The quantitative estimate of drug-likeness (QED) is 0.598. The number of aryl methyl sites for hydroxylation is 1. The topological polar surface area (TPSA) is 114 Å². The molecule has 0 fully saturated rings. The predicted molar refractivity (Wildman–Crippen MR) is 105 cm³/mol. The highest BCUT2D eigenvalue weighted by Gasteiger charge is 2.16. The zero-order chi connectivity index (χ0) is 20.7. The number of hydrogen-bond donors (Lipinski definition) is 3. The van der Waals surface area contributed by atoms with Crippen molar-refractivity contribution in [2.45, 2.75) is 19.8 Å². The highest BCUT2D eigenvalue weighted by Crippen LogP contribution is 2.33. The lowest BCUT2D eigenvalue weighted by Crippen LogP contribution is -2.15. The van der Waals surface area contributed by atoms with Crippen LogP contribution in [0, 0.1) is 0 Å². The Morgan fingerprint density at radius 1 is 0.964 bits per heavy atom. The second-order valence-electron chi connectivity index (χ2n) is 5.98. The molecule has 2 amide bonds. The second kappa shape index (κ2) is 9.40. The summed E-state index contributed by atoms with van der Waals surface area (Å²) in [5, 5.41) is 13.7. The van der Waals surface area contributed by atoms with E-state index in [1.165, 1.54) is 27.2 Å². The van der Waals surface area contributed by atoms with Crippen LogP contribution in [0.1, 0.15) is 29.3 Å². The van der Waals surface area contributed by atoms with Gasteiger partial charge in [-0.3, -0.25) is 14.9 Å². The summed E-state index contributed by atoms with van der Waals surface area (Å²) < 4.78 is 10.4. The third kappa shape index (κ3) is 5.47. The van der Waals surface area contributed by atoms with Crippen molar-refractivity contribution in [3.05, 3.63) is 47.5 Å². The molecular weight excluding hydrogens is 364 g/mol. The van der Waals surface area contributed by atoms with Gasteiger partial charge in [0.15, 0.2) is 17.3 Å². The lowest BCUT2D eigenvalue weighted by Gasteiger charge is -2.14. The number of amides is 2. The van der Waals surface area contributed by atoms with Crippen molar-refractivity contribution in [2.24, 2.45) is 0 Å². The van der Waals surface area contributed by atoms with Crippen LogP contribution in [0.2, 0.25) is 0 Å². The number of ketones is 1. The number of nitrogens with one attached hydrogen (secondary N) is 2. The lowest BCUT2D eigenvalue weighted by molar-refractivity contribution is -0.116. The molecule has 0 aliphatic carbocycles. The first kappa shape index (κ1) is 20.8. The molecule has 8 heteroatoms. The van der Waals surface area contributed by atoms with E-state index in [-0.39, 0.29) is 18.1 Å². The van der Waals surface area contributed by atoms with E-state index < -0.39 is 6.09 Å². The Morgan fingerprint density at radius 3 is 2.11 bits per heavy atom. The number of benzene rings is 2. The van der Waals surface area contributed by atoms with Crippen LogP contribution < -0.4 is 20.1 Å². The third-order valence-electron chi connectivity index (χ3n) is 4.02. The number of rotatable bonds is 8. The average molecular weight is 386 g/mol. The van der Waals surface area contributed by atoms with Crippen molar-refractivity contribution in [1.82, 2.24) is 0 Å². The maximum absolute atomic E-state index is 12.3. The van der Waals surface area contributed by atoms with Crippen LogP contribution in [0.3, 0.4) is 0 Å². The maximum Gasteiger partial charge on any atom is 0.409 e. The van der Waals surface area contributed by atoms with Crippen LogP contribution in [-0.4, -0.2) is 37.1 Å². The van der Waals surface area contributed by atoms with Gasteiger partial charge in [0.25, 0.3) is 0 Å².